The molecule has 1 nitrogen and oxygen atoms in total. The molecule has 0 atom stereocenters. The minimum absolute atomic E-state index is 0. The molecule has 0 heterocycles. The summed E-state index contributed by atoms with van der Waals surface area (Å²) in [4.78, 5) is 0. The van der Waals surface area contributed by atoms with Crippen LogP contribution in [0.15, 0.2) is 24.3 Å². The van der Waals surface area contributed by atoms with Gasteiger partial charge in [0.05, 0.1) is 0 Å². The van der Waals surface area contributed by atoms with E-state index in [1.165, 1.54) is 27.8 Å². The van der Waals surface area contributed by atoms with Crippen molar-refractivity contribution in [3.63, 3.8) is 0 Å². The second kappa shape index (κ2) is 14.2. The molecule has 2 N–H and O–H groups in total. The Balaban J connectivity index is -0.000000355. The Hall–Kier alpha value is 0.171. The van der Waals surface area contributed by atoms with Crippen LogP contribution in [0.2, 0.25) is 13.1 Å². The van der Waals surface area contributed by atoms with Crippen LogP contribution in [-0.4, -0.2) is 9.52 Å². The van der Waals surface area contributed by atoms with E-state index in [0.29, 0.717) is 0 Å². The molecule has 153 valence electrons. The molecule has 1 radical (unpaired) electrons. The van der Waals surface area contributed by atoms with Crippen LogP contribution in [0.4, 0.5) is 0 Å². The van der Waals surface area contributed by atoms with Crippen molar-refractivity contribution in [2.75, 3.05) is 0 Å². The molecule has 1 aromatic rings. The van der Waals surface area contributed by atoms with Crippen molar-refractivity contribution in [1.82, 2.24) is 0 Å². The van der Waals surface area contributed by atoms with Crippen LogP contribution in [0.25, 0.3) is 11.7 Å². The number of aryl methyl sites for hydroxylation is 1. The fourth-order valence-electron chi connectivity index (χ4n) is 2.96. The molecule has 1 aliphatic rings. The van der Waals surface area contributed by atoms with Gasteiger partial charge in [-0.1, -0.05) is 73.7 Å². The first-order valence-corrected chi connectivity index (χ1v) is 11.0. The van der Waals surface area contributed by atoms with E-state index in [1.807, 2.05) is 0 Å². The summed E-state index contributed by atoms with van der Waals surface area (Å²) < 4.78 is 0. The van der Waals surface area contributed by atoms with Crippen LogP contribution in [0.5, 0.6) is 0 Å². The van der Waals surface area contributed by atoms with E-state index < -0.39 is 0 Å². The van der Waals surface area contributed by atoms with Gasteiger partial charge in [-0.25, -0.2) is 0 Å². The second-order valence-corrected chi connectivity index (χ2v) is 9.67. The minimum atomic E-state index is 0. The van der Waals surface area contributed by atoms with E-state index in [0.717, 1.165) is 15.9 Å². The quantitative estimate of drug-likeness (QED) is 0.301. The summed E-state index contributed by atoms with van der Waals surface area (Å²) in [5, 5.41) is 0. The van der Waals surface area contributed by atoms with Gasteiger partial charge in [-0.05, 0) is 17.3 Å². The third-order valence-corrected chi connectivity index (χ3v) is 3.92. The topological polar surface area (TPSA) is 33.5 Å². The molecule has 0 aliphatic heterocycles. The van der Waals surface area contributed by atoms with Crippen LogP contribution in [-0.2, 0) is 32.5 Å². The molecule has 0 saturated carbocycles. The van der Waals surface area contributed by atoms with E-state index in [4.69, 9.17) is 0 Å². The van der Waals surface area contributed by atoms with Gasteiger partial charge in [0.2, 0.25) is 0 Å². The van der Waals surface area contributed by atoms with Gasteiger partial charge in [-0.2, -0.15) is 0 Å². The van der Waals surface area contributed by atoms with Crippen molar-refractivity contribution in [3.8, 4) is 0 Å². The Kier molecular flexibility index (Phi) is 18.2. The van der Waals surface area contributed by atoms with Crippen molar-refractivity contribution < 1.29 is 21.7 Å². The van der Waals surface area contributed by atoms with Gasteiger partial charge in [0.25, 0.3) is 0 Å². The maximum absolute atomic E-state index is 3.73. The molecule has 0 bridgehead atoms. The predicted molar refractivity (Wildman–Crippen MR) is 128 cm³/mol. The zero-order valence-electron chi connectivity index (χ0n) is 18.5. The Morgan fingerprint density at radius 3 is 1.78 bits per heavy atom. The van der Waals surface area contributed by atoms with Crippen molar-refractivity contribution in [2.45, 2.75) is 78.8 Å². The van der Waals surface area contributed by atoms with E-state index in [-0.39, 0.29) is 63.5 Å². The zero-order chi connectivity index (χ0) is 17.8. The van der Waals surface area contributed by atoms with Gasteiger partial charge in [-0.15, -0.1) is 70.8 Å². The van der Waals surface area contributed by atoms with Crippen LogP contribution in [0.3, 0.4) is 0 Å². The third-order valence-electron chi connectivity index (χ3n) is 3.92. The summed E-state index contributed by atoms with van der Waals surface area (Å²) in [7, 11) is 0.750. The number of benzene rings is 1. The van der Waals surface area contributed by atoms with Gasteiger partial charge in [-0.3, -0.25) is 0 Å². The first kappa shape index (κ1) is 34.7. The predicted octanol–water partition coefficient (Wildman–Crippen LogP) is 7.81. The molecule has 2 rings (SSSR count). The van der Waals surface area contributed by atoms with Crippen molar-refractivity contribution >= 4 is 39.9 Å². The summed E-state index contributed by atoms with van der Waals surface area (Å²) >= 11 is 0. The standard InChI is InChI=1S/C20H27.C2H7Si.2ClH.H2N.Ti/c1-14-12-16(19(2,3)4)13-17(15-10-8-9-11-15)18(14)20(5,6)7;1-3-2;;;;/h8-10,12H,11H2,1-7H3;3H,1-2H3;2*1H;1H2;/q-1;;;;-1;+2. The van der Waals surface area contributed by atoms with Crippen molar-refractivity contribution in [2.24, 2.45) is 0 Å². The maximum atomic E-state index is 3.73. The summed E-state index contributed by atoms with van der Waals surface area (Å²) in [6.45, 7) is 20.3. The second-order valence-electron chi connectivity index (χ2n) is 8.52. The van der Waals surface area contributed by atoms with Gasteiger partial charge in [0.1, 0.15) is 0 Å². The monoisotopic (exact) mass is 462 g/mol. The SMILES string of the molecule is C[SiH]C.Cc1cc(C(C)(C)C)[c-]c(C2=CC=CC2)c1C(C)(C)C.Cl.Cl.[NH2-].[Ti+2]. The van der Waals surface area contributed by atoms with Gasteiger partial charge >= 0.3 is 21.7 Å². The number of hydrogen-bond donors (Lipinski definition) is 0. The van der Waals surface area contributed by atoms with E-state index in [9.17, 15) is 0 Å². The van der Waals surface area contributed by atoms with E-state index in [1.54, 1.807) is 0 Å². The summed E-state index contributed by atoms with van der Waals surface area (Å²) in [5.41, 5.74) is 7.17. The average molecular weight is 463 g/mol. The Bertz CT molecular complexity index is 612. The fraction of sp³-hybridized carbons (Fsp3) is 0.545. The molecular weight excluding hydrogens is 425 g/mol. The largest absolute Gasteiger partial charge is 2.00 e. The smallest absolute Gasteiger partial charge is 0.693 e. The molecule has 0 aromatic heterocycles. The number of rotatable bonds is 1. The number of halogens is 2. The van der Waals surface area contributed by atoms with E-state index in [2.05, 4.69) is 91.9 Å². The normalized spacial score (nSPS) is 12.3. The first-order chi connectivity index (χ1) is 10.5. The Morgan fingerprint density at radius 1 is 0.963 bits per heavy atom. The number of hydrogen-bond acceptors (Lipinski definition) is 0. The molecule has 0 unspecified atom stereocenters. The minimum Gasteiger partial charge on any atom is -0.693 e. The summed E-state index contributed by atoms with van der Waals surface area (Å²) in [5.74, 6) is 0. The molecule has 27 heavy (non-hydrogen) atoms. The average Bonchev–Trinajstić information content (AvgIpc) is 2.89. The van der Waals surface area contributed by atoms with E-state index >= 15 is 0 Å². The van der Waals surface area contributed by atoms with Gasteiger partial charge < -0.3 is 6.15 Å². The van der Waals surface area contributed by atoms with Crippen LogP contribution < -0.4 is 0 Å². The number of nitrogens with two attached hydrogens (primary N) is 1. The van der Waals surface area contributed by atoms with Crippen molar-refractivity contribution in [1.29, 1.82) is 0 Å². The Morgan fingerprint density at radius 2 is 1.44 bits per heavy atom. The summed E-state index contributed by atoms with van der Waals surface area (Å²) in [6, 6.07) is 6.06. The molecular formula is C22H38Cl2NSiTi. The first-order valence-electron chi connectivity index (χ1n) is 8.70. The molecule has 0 saturated heterocycles. The zero-order valence-corrected chi connectivity index (χ0v) is 22.8. The van der Waals surface area contributed by atoms with Gasteiger partial charge in [0, 0.05) is 9.52 Å². The number of allylic oxidation sites excluding steroid dienone is 4. The summed E-state index contributed by atoms with van der Waals surface area (Å²) in [6.07, 6.45) is 7.67. The van der Waals surface area contributed by atoms with Gasteiger partial charge in [0.15, 0.2) is 0 Å². The molecule has 5 heteroatoms. The van der Waals surface area contributed by atoms with Crippen LogP contribution >= 0.6 is 24.8 Å². The molecule has 1 aromatic carbocycles. The third kappa shape index (κ3) is 9.97. The molecule has 0 amide bonds. The molecule has 0 fully saturated rings. The Labute approximate surface area is 198 Å². The fourth-order valence-corrected chi connectivity index (χ4v) is 2.96. The van der Waals surface area contributed by atoms with Crippen LogP contribution in [0, 0.1) is 13.0 Å². The maximum Gasteiger partial charge on any atom is 2.00 e. The molecule has 1 aliphatic carbocycles. The van der Waals surface area contributed by atoms with Crippen LogP contribution in [0.1, 0.15) is 70.2 Å². The molecule has 0 spiro atoms. The van der Waals surface area contributed by atoms with Crippen molar-refractivity contribution in [3.05, 3.63) is 58.8 Å².